The van der Waals surface area contributed by atoms with Crippen LogP contribution < -0.4 is 9.64 Å². The predicted molar refractivity (Wildman–Crippen MR) is 150 cm³/mol. The number of ketones is 2. The minimum absolute atomic E-state index is 0.0585. The largest absolute Gasteiger partial charge is 0.504 e. The second-order valence-corrected chi connectivity index (χ2v) is 11.6. The summed E-state index contributed by atoms with van der Waals surface area (Å²) in [5.41, 5.74) is 1.93. The number of amides is 2. The number of imide groups is 1. The molecule has 2 N–H and O–H groups in total. The molecular formula is C31H24BrNO8. The number of methoxy groups -OCH3 is 1. The van der Waals surface area contributed by atoms with Crippen molar-refractivity contribution in [3.63, 3.8) is 0 Å². The molecule has 6 rings (SSSR count). The minimum Gasteiger partial charge on any atom is -0.504 e. The van der Waals surface area contributed by atoms with E-state index in [1.54, 1.807) is 19.1 Å². The molecule has 10 heteroatoms. The molecule has 3 aliphatic carbocycles. The summed E-state index contributed by atoms with van der Waals surface area (Å²) in [6, 6.07) is 8.91. The zero-order valence-electron chi connectivity index (χ0n) is 22.0. The molecule has 2 amide bonds. The Labute approximate surface area is 242 Å². The third-order valence-electron chi connectivity index (χ3n) is 8.52. The number of carbonyl (C=O) groups is 5. The number of nitrogens with zero attached hydrogens (tertiary/aromatic N) is 1. The second-order valence-electron chi connectivity index (χ2n) is 10.6. The molecule has 208 valence electrons. The summed E-state index contributed by atoms with van der Waals surface area (Å²) >= 11 is 3.44. The van der Waals surface area contributed by atoms with Gasteiger partial charge in [0.05, 0.1) is 30.2 Å². The lowest BCUT2D eigenvalue weighted by atomic mass is 9.59. The van der Waals surface area contributed by atoms with Crippen LogP contribution in [-0.2, 0) is 19.2 Å². The average Bonchev–Trinajstić information content (AvgIpc) is 3.21. The van der Waals surface area contributed by atoms with Gasteiger partial charge >= 0.3 is 5.97 Å². The van der Waals surface area contributed by atoms with Crippen molar-refractivity contribution in [3.8, 4) is 11.5 Å². The molecule has 0 aromatic heterocycles. The van der Waals surface area contributed by atoms with Crippen molar-refractivity contribution in [1.29, 1.82) is 0 Å². The summed E-state index contributed by atoms with van der Waals surface area (Å²) in [7, 11) is 1.41. The van der Waals surface area contributed by atoms with Crippen molar-refractivity contribution < 1.29 is 38.9 Å². The number of allylic oxidation sites excluding steroid dienone is 6. The molecular weight excluding hydrogens is 594 g/mol. The number of ether oxygens (including phenoxy) is 1. The summed E-state index contributed by atoms with van der Waals surface area (Å²) in [4.78, 5) is 67.1. The van der Waals surface area contributed by atoms with Crippen LogP contribution in [0.5, 0.6) is 11.5 Å². The van der Waals surface area contributed by atoms with E-state index in [-0.39, 0.29) is 63.9 Å². The van der Waals surface area contributed by atoms with Gasteiger partial charge in [-0.25, -0.2) is 4.79 Å². The number of benzene rings is 2. The predicted octanol–water partition coefficient (Wildman–Crippen LogP) is 4.50. The first-order valence-corrected chi connectivity index (χ1v) is 13.8. The maximum absolute atomic E-state index is 14.0. The Morgan fingerprint density at radius 1 is 1.07 bits per heavy atom. The zero-order chi connectivity index (χ0) is 29.3. The van der Waals surface area contributed by atoms with E-state index in [1.165, 1.54) is 37.5 Å². The molecule has 2 aromatic rings. The van der Waals surface area contributed by atoms with Gasteiger partial charge in [-0.1, -0.05) is 33.6 Å². The molecule has 0 bridgehead atoms. The Balaban J connectivity index is 1.51. The number of rotatable bonds is 4. The second kappa shape index (κ2) is 9.66. The number of halogens is 1. The highest BCUT2D eigenvalue weighted by Gasteiger charge is 2.57. The van der Waals surface area contributed by atoms with E-state index in [0.717, 1.165) is 4.90 Å². The number of aromatic carboxylic acids is 1. The molecule has 9 nitrogen and oxygen atoms in total. The van der Waals surface area contributed by atoms with Crippen LogP contribution in [0, 0.1) is 17.8 Å². The van der Waals surface area contributed by atoms with Crippen LogP contribution in [0.15, 0.2) is 75.3 Å². The number of Topliss-reactive ketones (excluding diaryl/α,β-unsaturated/α-hetero) is 1. The molecule has 0 saturated carbocycles. The highest BCUT2D eigenvalue weighted by atomic mass is 79.9. The average molecular weight is 618 g/mol. The molecule has 1 saturated heterocycles. The molecule has 1 heterocycles. The minimum atomic E-state index is -1.19. The zero-order valence-corrected chi connectivity index (χ0v) is 23.6. The lowest BCUT2D eigenvalue weighted by molar-refractivity contribution is -0.123. The number of fused-ring (bicyclic) bond motifs is 3. The van der Waals surface area contributed by atoms with E-state index in [2.05, 4.69) is 15.9 Å². The van der Waals surface area contributed by atoms with Crippen LogP contribution in [-0.4, -0.2) is 46.7 Å². The molecule has 2 aromatic carbocycles. The number of phenols is 1. The van der Waals surface area contributed by atoms with Crippen molar-refractivity contribution in [3.05, 3.63) is 86.4 Å². The third kappa shape index (κ3) is 4.00. The van der Waals surface area contributed by atoms with Gasteiger partial charge in [0.1, 0.15) is 0 Å². The van der Waals surface area contributed by atoms with Crippen molar-refractivity contribution in [2.75, 3.05) is 12.0 Å². The van der Waals surface area contributed by atoms with Crippen LogP contribution in [0.3, 0.4) is 0 Å². The van der Waals surface area contributed by atoms with Gasteiger partial charge in [-0.2, -0.15) is 0 Å². The lowest BCUT2D eigenvalue weighted by Crippen LogP contribution is -2.39. The van der Waals surface area contributed by atoms with Gasteiger partial charge < -0.3 is 14.9 Å². The summed E-state index contributed by atoms with van der Waals surface area (Å²) in [6.45, 7) is 1.57. The third-order valence-corrected chi connectivity index (χ3v) is 8.97. The lowest BCUT2D eigenvalue weighted by Gasteiger charge is -2.42. The van der Waals surface area contributed by atoms with E-state index in [1.807, 2.05) is 6.08 Å². The maximum Gasteiger partial charge on any atom is 0.335 e. The standard InChI is InChI=1S/C31H24BrNO8/c1-13-8-22(34)20-12-19-17(24(26(20)27(13)35)21-10-15(32)11-23(41-2)28(21)36)6-7-18-25(19)30(38)33(29(18)37)16-5-3-4-14(9-16)31(39)40/h3-6,8-11,18-19,24-25,36H,7,12H2,1-2H3,(H,39,40)/t18-,19+,24+,25-/m0/s1. The van der Waals surface area contributed by atoms with E-state index >= 15 is 0 Å². The SMILES string of the molecule is COc1cc(Br)cc([C@H]2C3=CC[C@@H]4C(=O)N(c5cccc(C(=O)O)c5)C(=O)[C@@H]4[C@@H]3CC3=C2C(=O)C(C)=CC3=O)c1O. The number of anilines is 1. The first-order valence-electron chi connectivity index (χ1n) is 13.0. The van der Waals surface area contributed by atoms with Crippen molar-refractivity contribution in [2.24, 2.45) is 17.8 Å². The normalized spacial score (nSPS) is 25.4. The van der Waals surface area contributed by atoms with Gasteiger partial charge in [-0.05, 0) is 62.1 Å². The number of hydrogen-bond donors (Lipinski definition) is 2. The topological polar surface area (TPSA) is 138 Å². The molecule has 0 radical (unpaired) electrons. The molecule has 4 aliphatic rings. The molecule has 0 unspecified atom stereocenters. The fourth-order valence-electron chi connectivity index (χ4n) is 6.72. The monoisotopic (exact) mass is 617 g/mol. The summed E-state index contributed by atoms with van der Waals surface area (Å²) in [5, 5.41) is 20.7. The van der Waals surface area contributed by atoms with Crippen molar-refractivity contribution in [1.82, 2.24) is 0 Å². The van der Waals surface area contributed by atoms with Crippen LogP contribution >= 0.6 is 15.9 Å². The number of aromatic hydroxyl groups is 1. The maximum atomic E-state index is 14.0. The highest BCUT2D eigenvalue weighted by Crippen LogP contribution is 2.57. The smallest absolute Gasteiger partial charge is 0.335 e. The van der Waals surface area contributed by atoms with Crippen LogP contribution in [0.2, 0.25) is 0 Å². The van der Waals surface area contributed by atoms with Gasteiger partial charge in [0.25, 0.3) is 0 Å². The highest BCUT2D eigenvalue weighted by molar-refractivity contribution is 9.10. The van der Waals surface area contributed by atoms with Gasteiger partial charge in [-0.3, -0.25) is 24.1 Å². The Morgan fingerprint density at radius 2 is 1.83 bits per heavy atom. The van der Waals surface area contributed by atoms with Crippen LogP contribution in [0.4, 0.5) is 5.69 Å². The number of carbonyl (C=O) groups excluding carboxylic acids is 4. The fraction of sp³-hybridized carbons (Fsp3) is 0.258. The van der Waals surface area contributed by atoms with E-state index in [9.17, 15) is 34.2 Å². The first kappa shape index (κ1) is 26.9. The van der Waals surface area contributed by atoms with Gasteiger partial charge in [0.15, 0.2) is 23.1 Å². The Bertz CT molecular complexity index is 1700. The summed E-state index contributed by atoms with van der Waals surface area (Å²) in [6.07, 6.45) is 3.43. The summed E-state index contributed by atoms with van der Waals surface area (Å²) < 4.78 is 5.94. The van der Waals surface area contributed by atoms with Crippen molar-refractivity contribution >= 4 is 51.0 Å². The molecule has 41 heavy (non-hydrogen) atoms. The van der Waals surface area contributed by atoms with Gasteiger partial charge in [0, 0.05) is 32.7 Å². The van der Waals surface area contributed by atoms with E-state index < -0.39 is 41.5 Å². The molecule has 0 spiro atoms. The van der Waals surface area contributed by atoms with Gasteiger partial charge in [-0.15, -0.1) is 0 Å². The summed E-state index contributed by atoms with van der Waals surface area (Å²) in [5.74, 6) is -5.79. The number of phenolic OH excluding ortho intramolecular Hbond substituents is 1. The molecule has 1 fully saturated rings. The number of carboxylic acids is 1. The first-order chi connectivity index (χ1) is 19.5. The molecule has 4 atom stereocenters. The van der Waals surface area contributed by atoms with Gasteiger partial charge in [0.2, 0.25) is 11.8 Å². The quantitative estimate of drug-likeness (QED) is 0.291. The van der Waals surface area contributed by atoms with Crippen LogP contribution in [0.25, 0.3) is 0 Å². The number of hydrogen-bond acceptors (Lipinski definition) is 7. The Morgan fingerprint density at radius 3 is 2.54 bits per heavy atom. The van der Waals surface area contributed by atoms with E-state index in [0.29, 0.717) is 15.6 Å². The molecule has 1 aliphatic heterocycles. The Kier molecular flexibility index (Phi) is 6.33. The van der Waals surface area contributed by atoms with Crippen molar-refractivity contribution in [2.45, 2.75) is 25.7 Å². The number of carboxylic acid groups (broad SMARTS) is 1. The van der Waals surface area contributed by atoms with E-state index in [4.69, 9.17) is 4.74 Å². The Hall–Kier alpha value is -4.31. The van der Waals surface area contributed by atoms with Crippen LogP contribution in [0.1, 0.15) is 41.6 Å². The fourth-order valence-corrected chi connectivity index (χ4v) is 7.17.